The molecule has 1 aromatic rings. The number of carboxylic acids is 1. The van der Waals surface area contributed by atoms with Crippen LogP contribution in [0.1, 0.15) is 31.1 Å². The van der Waals surface area contributed by atoms with E-state index in [1.807, 2.05) is 0 Å². The van der Waals surface area contributed by atoms with Gasteiger partial charge in [0.25, 0.3) is 0 Å². The number of halogens is 1. The lowest BCUT2D eigenvalue weighted by Gasteiger charge is -2.11. The van der Waals surface area contributed by atoms with Gasteiger partial charge in [-0.2, -0.15) is 0 Å². The number of hydrogen-bond donors (Lipinski definition) is 1. The molecule has 0 heterocycles. The third kappa shape index (κ3) is 6.28. The normalized spacial score (nSPS) is 11.3. The van der Waals surface area contributed by atoms with Gasteiger partial charge in [0.15, 0.2) is 0 Å². The largest absolute Gasteiger partial charge is 0.478 e. The summed E-state index contributed by atoms with van der Waals surface area (Å²) >= 11 is 0. The second-order valence-corrected chi connectivity index (χ2v) is 7.54. The molecule has 0 bridgehead atoms. The van der Waals surface area contributed by atoms with E-state index in [4.69, 9.17) is 15.8 Å². The van der Waals surface area contributed by atoms with Crippen molar-refractivity contribution in [2.24, 2.45) is 0 Å². The van der Waals surface area contributed by atoms with E-state index in [2.05, 4.69) is 0 Å². The van der Waals surface area contributed by atoms with E-state index in [-0.39, 0.29) is 0 Å². The highest BCUT2D eigenvalue weighted by molar-refractivity contribution is 8.14. The van der Waals surface area contributed by atoms with Crippen LogP contribution in [0.2, 0.25) is 0 Å². The molecule has 1 aromatic carbocycles. The van der Waals surface area contributed by atoms with Crippen LogP contribution in [0.5, 0.6) is 0 Å². The Morgan fingerprint density at radius 1 is 1.18 bits per heavy atom. The zero-order valence-electron chi connectivity index (χ0n) is 9.84. The average molecular weight is 279 g/mol. The summed E-state index contributed by atoms with van der Waals surface area (Å²) in [4.78, 5) is 10.2. The number of carboxylic acid groups (broad SMARTS) is 1. The van der Waals surface area contributed by atoms with Crippen LogP contribution in [0.25, 0.3) is 0 Å². The topological polar surface area (TPSA) is 71.4 Å². The summed E-state index contributed by atoms with van der Waals surface area (Å²) < 4.78 is 20.0. The van der Waals surface area contributed by atoms with Crippen molar-refractivity contribution >= 4 is 25.7 Å². The molecule has 0 aliphatic carbocycles. The van der Waals surface area contributed by atoms with E-state index in [1.165, 1.54) is 0 Å². The minimum atomic E-state index is -3.37. The zero-order chi connectivity index (χ0) is 13.7. The number of rotatable bonds is 1. The Balaban J connectivity index is 0.000000304. The first-order valence-electron chi connectivity index (χ1n) is 4.78. The highest BCUT2D eigenvalue weighted by atomic mass is 35.7. The Bertz CT molecular complexity index is 460. The maximum absolute atomic E-state index is 10.4. The molecule has 96 valence electrons. The molecule has 0 fully saturated rings. The minimum absolute atomic E-state index is 0.331. The van der Waals surface area contributed by atoms with E-state index in [0.717, 1.165) is 0 Å². The van der Waals surface area contributed by atoms with Gasteiger partial charge >= 0.3 is 5.97 Å². The van der Waals surface area contributed by atoms with Crippen LogP contribution >= 0.6 is 10.7 Å². The summed E-state index contributed by atoms with van der Waals surface area (Å²) in [6.07, 6.45) is 0. The Kier molecular flexibility index (Phi) is 5.64. The highest BCUT2D eigenvalue weighted by Crippen LogP contribution is 2.18. The fourth-order valence-corrected chi connectivity index (χ4v) is 0.581. The first-order chi connectivity index (χ1) is 7.55. The van der Waals surface area contributed by atoms with E-state index < -0.39 is 19.8 Å². The summed E-state index contributed by atoms with van der Waals surface area (Å²) in [5.41, 5.74) is 0.331. The SMILES string of the molecule is CC(C)(C)S(=O)(=O)Cl.O=C(O)c1ccccc1. The predicted octanol–water partition coefficient (Wildman–Crippen LogP) is 2.74. The van der Waals surface area contributed by atoms with Crippen LogP contribution in [0, 0.1) is 0 Å². The Labute approximate surface area is 106 Å². The molecule has 17 heavy (non-hydrogen) atoms. The summed E-state index contributed by atoms with van der Waals surface area (Å²) in [5.74, 6) is -0.879. The maximum Gasteiger partial charge on any atom is 0.335 e. The molecular formula is C11H15ClO4S. The molecule has 0 unspecified atom stereocenters. The van der Waals surface area contributed by atoms with Gasteiger partial charge in [0, 0.05) is 10.7 Å². The molecule has 4 nitrogen and oxygen atoms in total. The zero-order valence-corrected chi connectivity index (χ0v) is 11.4. The summed E-state index contributed by atoms with van der Waals surface area (Å²) in [7, 11) is 1.61. The number of benzene rings is 1. The maximum atomic E-state index is 10.4. The lowest BCUT2D eigenvalue weighted by Crippen LogP contribution is -2.22. The Hall–Kier alpha value is -1.07. The summed E-state index contributed by atoms with van der Waals surface area (Å²) in [6, 6.07) is 8.30. The first-order valence-corrected chi connectivity index (χ1v) is 7.09. The van der Waals surface area contributed by atoms with Crippen LogP contribution < -0.4 is 0 Å². The third-order valence-corrected chi connectivity index (χ3v) is 4.60. The molecule has 1 N–H and O–H groups in total. The molecule has 0 aliphatic heterocycles. The number of aromatic carboxylic acids is 1. The van der Waals surface area contributed by atoms with Gasteiger partial charge in [0.1, 0.15) is 0 Å². The van der Waals surface area contributed by atoms with Gasteiger partial charge in [-0.1, -0.05) is 18.2 Å². The van der Waals surface area contributed by atoms with Crippen molar-refractivity contribution in [2.45, 2.75) is 25.5 Å². The lowest BCUT2D eigenvalue weighted by atomic mass is 10.2. The smallest absolute Gasteiger partial charge is 0.335 e. The molecule has 0 saturated heterocycles. The van der Waals surface area contributed by atoms with Crippen molar-refractivity contribution in [2.75, 3.05) is 0 Å². The molecule has 0 aliphatic rings. The Morgan fingerprint density at radius 2 is 1.53 bits per heavy atom. The van der Waals surface area contributed by atoms with E-state index in [1.54, 1.807) is 51.1 Å². The van der Waals surface area contributed by atoms with Gasteiger partial charge in [-0.15, -0.1) is 0 Å². The van der Waals surface area contributed by atoms with Crippen molar-refractivity contribution < 1.29 is 18.3 Å². The van der Waals surface area contributed by atoms with Crippen LogP contribution in [0.3, 0.4) is 0 Å². The Morgan fingerprint density at radius 3 is 1.71 bits per heavy atom. The van der Waals surface area contributed by atoms with Crippen molar-refractivity contribution in [1.29, 1.82) is 0 Å². The standard InChI is InChI=1S/C7H6O2.C4H9ClO2S/c8-7(9)6-4-2-1-3-5-6;1-4(2,3)8(5,6)7/h1-5H,(H,8,9);1-3H3. The van der Waals surface area contributed by atoms with Gasteiger partial charge in [-0.25, -0.2) is 13.2 Å². The summed E-state index contributed by atoms with van der Waals surface area (Å²) in [5, 5.41) is 8.38. The van der Waals surface area contributed by atoms with E-state index in [0.29, 0.717) is 5.56 Å². The van der Waals surface area contributed by atoms with Crippen molar-refractivity contribution in [1.82, 2.24) is 0 Å². The van der Waals surface area contributed by atoms with E-state index >= 15 is 0 Å². The second kappa shape index (κ2) is 6.02. The molecular weight excluding hydrogens is 264 g/mol. The predicted molar refractivity (Wildman–Crippen MR) is 67.9 cm³/mol. The monoisotopic (exact) mass is 278 g/mol. The molecule has 0 aromatic heterocycles. The average Bonchev–Trinajstić information content (AvgIpc) is 2.17. The van der Waals surface area contributed by atoms with Gasteiger partial charge in [-0.05, 0) is 32.9 Å². The minimum Gasteiger partial charge on any atom is -0.478 e. The quantitative estimate of drug-likeness (QED) is 0.802. The summed E-state index contributed by atoms with van der Waals surface area (Å²) in [6.45, 7) is 4.65. The fraction of sp³-hybridized carbons (Fsp3) is 0.364. The van der Waals surface area contributed by atoms with Crippen molar-refractivity contribution in [3.63, 3.8) is 0 Å². The fourth-order valence-electron chi connectivity index (χ4n) is 0.581. The van der Waals surface area contributed by atoms with Crippen LogP contribution in [-0.2, 0) is 9.05 Å². The molecule has 0 spiro atoms. The first kappa shape index (κ1) is 15.9. The number of hydrogen-bond acceptors (Lipinski definition) is 3. The molecule has 6 heteroatoms. The molecule has 1 rings (SSSR count). The molecule has 0 atom stereocenters. The van der Waals surface area contributed by atoms with Crippen molar-refractivity contribution in [3.05, 3.63) is 35.9 Å². The van der Waals surface area contributed by atoms with Gasteiger partial charge in [-0.3, -0.25) is 0 Å². The van der Waals surface area contributed by atoms with E-state index in [9.17, 15) is 13.2 Å². The molecule has 0 radical (unpaired) electrons. The van der Waals surface area contributed by atoms with Gasteiger partial charge in [0.2, 0.25) is 9.05 Å². The molecule has 0 saturated carbocycles. The van der Waals surface area contributed by atoms with Crippen LogP contribution in [-0.4, -0.2) is 24.2 Å². The van der Waals surface area contributed by atoms with Crippen LogP contribution in [0.4, 0.5) is 0 Å². The van der Waals surface area contributed by atoms with Gasteiger partial charge < -0.3 is 5.11 Å². The number of carbonyl (C=O) groups is 1. The second-order valence-electron chi connectivity index (χ2n) is 4.22. The van der Waals surface area contributed by atoms with Crippen molar-refractivity contribution in [3.8, 4) is 0 Å². The highest BCUT2D eigenvalue weighted by Gasteiger charge is 2.25. The van der Waals surface area contributed by atoms with Gasteiger partial charge in [0.05, 0.1) is 10.3 Å². The third-order valence-electron chi connectivity index (χ3n) is 1.75. The molecule has 0 amide bonds. The van der Waals surface area contributed by atoms with Crippen LogP contribution in [0.15, 0.2) is 30.3 Å². The lowest BCUT2D eigenvalue weighted by molar-refractivity contribution is 0.0697.